The molecule has 0 bridgehead atoms. The third-order valence-electron chi connectivity index (χ3n) is 5.03. The van der Waals surface area contributed by atoms with Crippen LogP contribution in [0.4, 0.5) is 4.39 Å². The van der Waals surface area contributed by atoms with Crippen molar-refractivity contribution >= 4 is 5.91 Å². The number of aryl methyl sites for hydroxylation is 1. The van der Waals surface area contributed by atoms with Gasteiger partial charge in [0, 0.05) is 18.0 Å². The fourth-order valence-corrected chi connectivity index (χ4v) is 3.26. The second kappa shape index (κ2) is 8.57. The molecule has 0 aliphatic heterocycles. The summed E-state index contributed by atoms with van der Waals surface area (Å²) in [5.74, 6) is 1.30. The number of carbonyl (C=O) groups is 1. The summed E-state index contributed by atoms with van der Waals surface area (Å²) >= 11 is 0. The zero-order chi connectivity index (χ0) is 21.1. The summed E-state index contributed by atoms with van der Waals surface area (Å²) < 4.78 is 26.7. The zero-order valence-corrected chi connectivity index (χ0v) is 17.0. The van der Waals surface area contributed by atoms with Crippen molar-refractivity contribution < 1.29 is 18.7 Å². The number of ether oxygens (including phenoxy) is 2. The van der Waals surface area contributed by atoms with E-state index in [0.29, 0.717) is 41.9 Å². The Morgan fingerprint density at radius 3 is 2.53 bits per heavy atom. The van der Waals surface area contributed by atoms with Gasteiger partial charge in [0.1, 0.15) is 5.82 Å². The van der Waals surface area contributed by atoms with Gasteiger partial charge < -0.3 is 14.8 Å². The first-order valence-corrected chi connectivity index (χ1v) is 10.00. The third kappa shape index (κ3) is 4.45. The molecular formula is C23H24FN3O3. The van der Waals surface area contributed by atoms with Gasteiger partial charge in [0.15, 0.2) is 11.5 Å². The molecule has 0 saturated heterocycles. The van der Waals surface area contributed by atoms with Crippen LogP contribution in [0.2, 0.25) is 0 Å². The monoisotopic (exact) mass is 409 g/mol. The van der Waals surface area contributed by atoms with E-state index in [0.717, 1.165) is 24.1 Å². The highest BCUT2D eigenvalue weighted by Gasteiger charge is 2.25. The van der Waals surface area contributed by atoms with E-state index >= 15 is 0 Å². The van der Waals surface area contributed by atoms with Crippen molar-refractivity contribution in [1.82, 2.24) is 15.1 Å². The standard InChI is InChI=1S/C23H24FN3O3/c1-15-19(13-14-22(28)25-17-9-10-17)23(30-21-6-4-3-5-20(21)29-2)27(26-15)18-11-7-16(24)8-12-18/h3-8,11-12,17H,9-10,13-14H2,1-2H3,(H,25,28). The fourth-order valence-electron chi connectivity index (χ4n) is 3.26. The van der Waals surface area contributed by atoms with Gasteiger partial charge in [0.05, 0.1) is 18.5 Å². The van der Waals surface area contributed by atoms with E-state index in [2.05, 4.69) is 10.4 Å². The van der Waals surface area contributed by atoms with Crippen LogP contribution in [0.25, 0.3) is 5.69 Å². The number of benzene rings is 2. The second-order valence-corrected chi connectivity index (χ2v) is 7.35. The van der Waals surface area contributed by atoms with Gasteiger partial charge in [0.25, 0.3) is 0 Å². The molecule has 1 amide bonds. The SMILES string of the molecule is COc1ccccc1Oc1c(CCC(=O)NC2CC2)c(C)nn1-c1ccc(F)cc1. The molecule has 1 aliphatic rings. The molecule has 7 heteroatoms. The van der Waals surface area contributed by atoms with Gasteiger partial charge in [-0.25, -0.2) is 9.07 Å². The maximum Gasteiger partial charge on any atom is 0.226 e. The summed E-state index contributed by atoms with van der Waals surface area (Å²) in [6.07, 6.45) is 2.93. The molecule has 2 aromatic carbocycles. The van der Waals surface area contributed by atoms with E-state index in [4.69, 9.17) is 9.47 Å². The van der Waals surface area contributed by atoms with Crippen LogP contribution in [0.5, 0.6) is 17.4 Å². The number of para-hydroxylation sites is 2. The highest BCUT2D eigenvalue weighted by atomic mass is 19.1. The van der Waals surface area contributed by atoms with E-state index < -0.39 is 0 Å². The van der Waals surface area contributed by atoms with Crippen LogP contribution >= 0.6 is 0 Å². The number of methoxy groups -OCH3 is 1. The smallest absolute Gasteiger partial charge is 0.226 e. The molecule has 4 rings (SSSR count). The molecule has 1 fully saturated rings. The van der Waals surface area contributed by atoms with Crippen LogP contribution in [-0.4, -0.2) is 28.8 Å². The van der Waals surface area contributed by atoms with Crippen LogP contribution in [0, 0.1) is 12.7 Å². The lowest BCUT2D eigenvalue weighted by Crippen LogP contribution is -2.25. The van der Waals surface area contributed by atoms with E-state index in [1.165, 1.54) is 12.1 Å². The first-order valence-electron chi connectivity index (χ1n) is 10.00. The Balaban J connectivity index is 1.68. The Kier molecular flexibility index (Phi) is 5.70. The van der Waals surface area contributed by atoms with Crippen molar-refractivity contribution in [3.05, 3.63) is 65.6 Å². The maximum absolute atomic E-state index is 13.4. The van der Waals surface area contributed by atoms with Crippen molar-refractivity contribution in [1.29, 1.82) is 0 Å². The number of carbonyl (C=O) groups excluding carboxylic acids is 1. The first-order chi connectivity index (χ1) is 14.5. The lowest BCUT2D eigenvalue weighted by Gasteiger charge is -2.14. The van der Waals surface area contributed by atoms with Gasteiger partial charge >= 0.3 is 0 Å². The minimum Gasteiger partial charge on any atom is -0.493 e. The Bertz CT molecular complexity index is 1040. The normalized spacial score (nSPS) is 13.2. The first kappa shape index (κ1) is 19.9. The van der Waals surface area contributed by atoms with Gasteiger partial charge in [-0.3, -0.25) is 4.79 Å². The average molecular weight is 409 g/mol. The topological polar surface area (TPSA) is 65.4 Å². The predicted octanol–water partition coefficient (Wildman–Crippen LogP) is 4.33. The number of hydrogen-bond acceptors (Lipinski definition) is 4. The average Bonchev–Trinajstić information content (AvgIpc) is 3.50. The summed E-state index contributed by atoms with van der Waals surface area (Å²) in [6, 6.07) is 13.7. The van der Waals surface area contributed by atoms with Gasteiger partial charge in [0.2, 0.25) is 11.8 Å². The summed E-state index contributed by atoms with van der Waals surface area (Å²) in [5.41, 5.74) is 2.25. The minimum atomic E-state index is -0.327. The van der Waals surface area contributed by atoms with Gasteiger partial charge in [-0.15, -0.1) is 0 Å². The van der Waals surface area contributed by atoms with Crippen LogP contribution in [0.15, 0.2) is 48.5 Å². The summed E-state index contributed by atoms with van der Waals surface area (Å²) in [6.45, 7) is 1.88. The van der Waals surface area contributed by atoms with Crippen LogP contribution in [-0.2, 0) is 11.2 Å². The summed E-state index contributed by atoms with van der Waals surface area (Å²) in [5, 5.41) is 7.62. The molecule has 1 N–H and O–H groups in total. The third-order valence-corrected chi connectivity index (χ3v) is 5.03. The number of amides is 1. The number of rotatable bonds is 8. The minimum absolute atomic E-state index is 0.0228. The largest absolute Gasteiger partial charge is 0.493 e. The molecule has 0 radical (unpaired) electrons. The fraction of sp³-hybridized carbons (Fsp3) is 0.304. The van der Waals surface area contributed by atoms with Crippen molar-refractivity contribution in [3.8, 4) is 23.1 Å². The van der Waals surface area contributed by atoms with Crippen LogP contribution in [0.1, 0.15) is 30.5 Å². The lowest BCUT2D eigenvalue weighted by molar-refractivity contribution is -0.121. The Labute approximate surface area is 174 Å². The van der Waals surface area contributed by atoms with Gasteiger partial charge in [-0.05, 0) is 62.6 Å². The molecule has 30 heavy (non-hydrogen) atoms. The Hall–Kier alpha value is -3.35. The Morgan fingerprint density at radius 1 is 1.17 bits per heavy atom. The van der Waals surface area contributed by atoms with E-state index in [1.807, 2.05) is 25.1 Å². The van der Waals surface area contributed by atoms with Crippen LogP contribution < -0.4 is 14.8 Å². The van der Waals surface area contributed by atoms with E-state index in [-0.39, 0.29) is 11.7 Å². The van der Waals surface area contributed by atoms with Gasteiger partial charge in [-0.1, -0.05) is 12.1 Å². The quantitative estimate of drug-likeness (QED) is 0.601. The lowest BCUT2D eigenvalue weighted by atomic mass is 10.1. The van der Waals surface area contributed by atoms with Gasteiger partial charge in [-0.2, -0.15) is 5.10 Å². The molecule has 1 heterocycles. The molecule has 0 unspecified atom stereocenters. The number of hydrogen-bond donors (Lipinski definition) is 1. The summed E-state index contributed by atoms with van der Waals surface area (Å²) in [7, 11) is 1.58. The van der Waals surface area contributed by atoms with Crippen molar-refractivity contribution in [3.63, 3.8) is 0 Å². The predicted molar refractivity (Wildman–Crippen MR) is 111 cm³/mol. The molecule has 156 valence electrons. The second-order valence-electron chi connectivity index (χ2n) is 7.35. The molecule has 1 saturated carbocycles. The molecular weight excluding hydrogens is 385 g/mol. The molecule has 1 aromatic heterocycles. The van der Waals surface area contributed by atoms with E-state index in [9.17, 15) is 9.18 Å². The summed E-state index contributed by atoms with van der Waals surface area (Å²) in [4.78, 5) is 12.2. The molecule has 6 nitrogen and oxygen atoms in total. The number of aromatic nitrogens is 2. The molecule has 0 spiro atoms. The van der Waals surface area contributed by atoms with Crippen molar-refractivity contribution in [2.24, 2.45) is 0 Å². The number of nitrogens with zero attached hydrogens (tertiary/aromatic N) is 2. The van der Waals surface area contributed by atoms with Crippen molar-refractivity contribution in [2.75, 3.05) is 7.11 Å². The zero-order valence-electron chi connectivity index (χ0n) is 17.0. The Morgan fingerprint density at radius 2 is 1.87 bits per heavy atom. The number of nitrogens with one attached hydrogen (secondary N) is 1. The number of halogens is 1. The molecule has 3 aromatic rings. The molecule has 1 aliphatic carbocycles. The highest BCUT2D eigenvalue weighted by Crippen LogP contribution is 2.36. The van der Waals surface area contributed by atoms with Crippen molar-refractivity contribution in [2.45, 2.75) is 38.6 Å². The molecule has 0 atom stereocenters. The highest BCUT2D eigenvalue weighted by molar-refractivity contribution is 5.77. The van der Waals surface area contributed by atoms with E-state index in [1.54, 1.807) is 30.0 Å². The van der Waals surface area contributed by atoms with Crippen LogP contribution in [0.3, 0.4) is 0 Å². The maximum atomic E-state index is 13.4.